The summed E-state index contributed by atoms with van der Waals surface area (Å²) in [6.07, 6.45) is 3.42. The van der Waals surface area contributed by atoms with E-state index >= 15 is 0 Å². The minimum atomic E-state index is -0.998. The predicted octanol–water partition coefficient (Wildman–Crippen LogP) is 3.26. The first-order chi connectivity index (χ1) is 10.1. The Morgan fingerprint density at radius 3 is 2.67 bits per heavy atom. The van der Waals surface area contributed by atoms with E-state index in [0.29, 0.717) is 5.56 Å². The van der Waals surface area contributed by atoms with Gasteiger partial charge in [-0.2, -0.15) is 0 Å². The number of ketones is 1. The van der Waals surface area contributed by atoms with Gasteiger partial charge in [0.25, 0.3) is 11.0 Å². The van der Waals surface area contributed by atoms with E-state index in [-0.39, 0.29) is 5.69 Å². The summed E-state index contributed by atoms with van der Waals surface area (Å²) in [5.74, 6) is -0.721. The van der Waals surface area contributed by atoms with E-state index < -0.39 is 11.0 Å². The minimum absolute atomic E-state index is 0.265. The molecule has 21 heavy (non-hydrogen) atoms. The van der Waals surface area contributed by atoms with Crippen LogP contribution >= 0.6 is 11.6 Å². The van der Waals surface area contributed by atoms with Crippen molar-refractivity contribution in [3.05, 3.63) is 60.2 Å². The zero-order valence-electron chi connectivity index (χ0n) is 11.2. The van der Waals surface area contributed by atoms with Crippen molar-refractivity contribution in [3.8, 4) is 11.1 Å². The number of rotatable bonds is 3. The van der Waals surface area contributed by atoms with Crippen LogP contribution in [0, 0.1) is 6.92 Å². The molecule has 0 amide bonds. The lowest BCUT2D eigenvalue weighted by Crippen LogP contribution is -2.12. The normalized spacial score (nSPS) is 10.8. The lowest BCUT2D eigenvalue weighted by atomic mass is 10.0. The number of carbonyl (C=O) groups is 2. The first-order valence-electron chi connectivity index (χ1n) is 6.36. The molecule has 0 aliphatic rings. The van der Waals surface area contributed by atoms with E-state index in [2.05, 4.69) is 4.98 Å². The number of carbonyl (C=O) groups excluding carboxylic acids is 2. The molecule has 3 aromatic heterocycles. The van der Waals surface area contributed by atoms with Crippen LogP contribution in [0.25, 0.3) is 16.6 Å². The van der Waals surface area contributed by atoms with Gasteiger partial charge >= 0.3 is 0 Å². The number of hydrogen-bond donors (Lipinski definition) is 0. The predicted molar refractivity (Wildman–Crippen MR) is 80.6 cm³/mol. The maximum atomic E-state index is 12.2. The Morgan fingerprint density at radius 2 is 1.95 bits per heavy atom. The van der Waals surface area contributed by atoms with Crippen LogP contribution in [0.5, 0.6) is 0 Å². The molecule has 0 aliphatic heterocycles. The number of hydrogen-bond acceptors (Lipinski definition) is 3. The maximum Gasteiger partial charge on any atom is 0.294 e. The summed E-state index contributed by atoms with van der Waals surface area (Å²) in [4.78, 5) is 27.8. The van der Waals surface area contributed by atoms with Crippen LogP contribution in [-0.4, -0.2) is 20.4 Å². The summed E-state index contributed by atoms with van der Waals surface area (Å²) in [6, 6.07) is 11.0. The SMILES string of the molecule is Cc1ncccc1-c1cc2ccccn2c1C(=O)C(=O)Cl. The highest BCUT2D eigenvalue weighted by atomic mass is 35.5. The molecule has 0 spiro atoms. The Labute approximate surface area is 126 Å². The van der Waals surface area contributed by atoms with E-state index in [9.17, 15) is 9.59 Å². The summed E-state index contributed by atoms with van der Waals surface area (Å²) >= 11 is 5.40. The van der Waals surface area contributed by atoms with E-state index in [1.165, 1.54) is 0 Å². The molecule has 4 nitrogen and oxygen atoms in total. The highest BCUT2D eigenvalue weighted by Gasteiger charge is 2.23. The molecule has 3 aromatic rings. The maximum absolute atomic E-state index is 12.2. The summed E-state index contributed by atoms with van der Waals surface area (Å²) < 4.78 is 1.67. The van der Waals surface area contributed by atoms with Crippen molar-refractivity contribution >= 4 is 28.1 Å². The molecule has 0 unspecified atom stereocenters. The van der Waals surface area contributed by atoms with Gasteiger partial charge in [-0.3, -0.25) is 14.6 Å². The highest BCUT2D eigenvalue weighted by Crippen LogP contribution is 2.30. The topological polar surface area (TPSA) is 51.4 Å². The number of nitrogens with zero attached hydrogens (tertiary/aromatic N) is 2. The number of Topliss-reactive ketones (excluding diaryl/α,β-unsaturated/α-hetero) is 1. The van der Waals surface area contributed by atoms with Crippen LogP contribution in [0.2, 0.25) is 0 Å². The molecule has 0 bridgehead atoms. The lowest BCUT2D eigenvalue weighted by molar-refractivity contribution is -0.108. The lowest BCUT2D eigenvalue weighted by Gasteiger charge is -2.05. The van der Waals surface area contributed by atoms with Crippen molar-refractivity contribution < 1.29 is 9.59 Å². The first-order valence-corrected chi connectivity index (χ1v) is 6.73. The third-order valence-corrected chi connectivity index (χ3v) is 3.54. The van der Waals surface area contributed by atoms with Gasteiger partial charge in [-0.15, -0.1) is 0 Å². The molecule has 0 atom stereocenters. The fraction of sp³-hybridized carbons (Fsp3) is 0.0625. The Hall–Kier alpha value is -2.46. The molecule has 0 N–H and O–H groups in total. The monoisotopic (exact) mass is 298 g/mol. The van der Waals surface area contributed by atoms with Gasteiger partial charge in [0.2, 0.25) is 0 Å². The van der Waals surface area contributed by atoms with Crippen molar-refractivity contribution in [1.82, 2.24) is 9.38 Å². The molecular formula is C16H11ClN2O2. The number of halogens is 1. The second-order valence-electron chi connectivity index (χ2n) is 4.64. The van der Waals surface area contributed by atoms with Gasteiger partial charge in [0, 0.05) is 34.7 Å². The van der Waals surface area contributed by atoms with Crippen LogP contribution in [0.4, 0.5) is 0 Å². The van der Waals surface area contributed by atoms with Gasteiger partial charge in [0.1, 0.15) is 5.69 Å². The minimum Gasteiger partial charge on any atom is -0.313 e. The fourth-order valence-corrected chi connectivity index (χ4v) is 2.51. The van der Waals surface area contributed by atoms with Crippen LogP contribution in [0.15, 0.2) is 48.8 Å². The molecule has 3 rings (SSSR count). The van der Waals surface area contributed by atoms with Gasteiger partial charge in [-0.1, -0.05) is 12.1 Å². The molecular weight excluding hydrogens is 288 g/mol. The smallest absolute Gasteiger partial charge is 0.294 e. The molecule has 0 saturated carbocycles. The fourth-order valence-electron chi connectivity index (χ4n) is 2.42. The molecule has 5 heteroatoms. The first kappa shape index (κ1) is 13.5. The number of pyridine rings is 2. The van der Waals surface area contributed by atoms with E-state index in [4.69, 9.17) is 11.6 Å². The third kappa shape index (κ3) is 2.23. The third-order valence-electron chi connectivity index (χ3n) is 3.37. The van der Waals surface area contributed by atoms with Crippen LogP contribution in [0.3, 0.4) is 0 Å². The number of aromatic nitrogens is 2. The van der Waals surface area contributed by atoms with Crippen molar-refractivity contribution in [2.24, 2.45) is 0 Å². The van der Waals surface area contributed by atoms with Crippen molar-refractivity contribution in [3.63, 3.8) is 0 Å². The summed E-state index contributed by atoms with van der Waals surface area (Å²) in [7, 11) is 0. The van der Waals surface area contributed by atoms with Crippen LogP contribution < -0.4 is 0 Å². The van der Waals surface area contributed by atoms with Crippen LogP contribution in [0.1, 0.15) is 16.2 Å². The van der Waals surface area contributed by atoms with Crippen molar-refractivity contribution in [2.75, 3.05) is 0 Å². The average molecular weight is 299 g/mol. The van der Waals surface area contributed by atoms with Gasteiger partial charge in [0.05, 0.1) is 0 Å². The summed E-state index contributed by atoms with van der Waals surface area (Å²) in [6.45, 7) is 1.86. The van der Waals surface area contributed by atoms with Gasteiger partial charge in [0.15, 0.2) is 0 Å². The van der Waals surface area contributed by atoms with Gasteiger partial charge < -0.3 is 4.40 Å². The zero-order chi connectivity index (χ0) is 15.0. The largest absolute Gasteiger partial charge is 0.313 e. The standard InChI is InChI=1S/C16H11ClN2O2/c1-10-12(6-4-7-18-10)13-9-11-5-2-3-8-19(11)14(13)15(20)16(17)21/h2-9H,1H3. The second kappa shape index (κ2) is 5.14. The van der Waals surface area contributed by atoms with E-state index in [1.54, 1.807) is 28.9 Å². The summed E-state index contributed by atoms with van der Waals surface area (Å²) in [5, 5.41) is -0.998. The Morgan fingerprint density at radius 1 is 1.14 bits per heavy atom. The van der Waals surface area contributed by atoms with Crippen molar-refractivity contribution in [1.29, 1.82) is 0 Å². The number of fused-ring (bicyclic) bond motifs is 1. The quantitative estimate of drug-likeness (QED) is 0.424. The van der Waals surface area contributed by atoms with E-state index in [0.717, 1.165) is 16.8 Å². The van der Waals surface area contributed by atoms with Crippen LogP contribution in [-0.2, 0) is 4.79 Å². The van der Waals surface area contributed by atoms with Crippen molar-refractivity contribution in [2.45, 2.75) is 6.92 Å². The second-order valence-corrected chi connectivity index (χ2v) is 4.98. The van der Waals surface area contributed by atoms with Gasteiger partial charge in [-0.25, -0.2) is 0 Å². The average Bonchev–Trinajstić information content (AvgIpc) is 2.85. The zero-order valence-corrected chi connectivity index (χ0v) is 12.0. The highest BCUT2D eigenvalue weighted by molar-refractivity contribution is 6.83. The Balaban J connectivity index is 2.37. The Kier molecular flexibility index (Phi) is 3.31. The molecule has 0 aliphatic carbocycles. The molecule has 0 fully saturated rings. The molecule has 0 radical (unpaired) electrons. The van der Waals surface area contributed by atoms with E-state index in [1.807, 2.05) is 31.2 Å². The van der Waals surface area contributed by atoms with Gasteiger partial charge in [-0.05, 0) is 42.8 Å². The molecule has 3 heterocycles. The number of aryl methyl sites for hydroxylation is 1. The summed E-state index contributed by atoms with van der Waals surface area (Å²) in [5.41, 5.74) is 3.33. The molecule has 0 aromatic carbocycles. The molecule has 104 valence electrons. The Bertz CT molecular complexity index is 868. The molecule has 0 saturated heterocycles.